The SMILES string of the molecule is CCCCCCCCSc1nnc(Cn2nnn(-c3ccc(Cl)cc3)c2=O)s1. The molecule has 0 aliphatic rings. The van der Waals surface area contributed by atoms with Crippen molar-refractivity contribution in [3.05, 3.63) is 44.8 Å². The second-order valence-electron chi connectivity index (χ2n) is 6.39. The van der Waals surface area contributed by atoms with Gasteiger partial charge in [-0.3, -0.25) is 0 Å². The normalized spacial score (nSPS) is 11.2. The molecule has 0 radical (unpaired) electrons. The molecule has 0 aliphatic carbocycles. The van der Waals surface area contributed by atoms with Crippen LogP contribution in [0.25, 0.3) is 5.69 Å². The molecule has 3 aromatic rings. The van der Waals surface area contributed by atoms with Crippen molar-refractivity contribution in [2.24, 2.45) is 0 Å². The lowest BCUT2D eigenvalue weighted by molar-refractivity contribution is 0.625. The summed E-state index contributed by atoms with van der Waals surface area (Å²) in [5, 5.41) is 17.6. The van der Waals surface area contributed by atoms with Gasteiger partial charge in [-0.05, 0) is 41.1 Å². The monoisotopic (exact) mass is 438 g/mol. The van der Waals surface area contributed by atoms with Crippen LogP contribution in [0.15, 0.2) is 33.4 Å². The molecular formula is C18H23ClN6OS2. The summed E-state index contributed by atoms with van der Waals surface area (Å²) in [6.45, 7) is 2.50. The number of hydrogen-bond acceptors (Lipinski definition) is 7. The Kier molecular flexibility index (Phi) is 8.05. The lowest BCUT2D eigenvalue weighted by atomic mass is 10.1. The minimum Gasteiger partial charge on any atom is -0.244 e. The molecule has 1 aromatic carbocycles. The Hall–Kier alpha value is -1.71. The summed E-state index contributed by atoms with van der Waals surface area (Å²) < 4.78 is 3.46. The van der Waals surface area contributed by atoms with Crippen LogP contribution in [-0.2, 0) is 6.54 Å². The summed E-state index contributed by atoms with van der Waals surface area (Å²) in [6.07, 6.45) is 7.70. The van der Waals surface area contributed by atoms with E-state index in [0.717, 1.165) is 15.1 Å². The second kappa shape index (κ2) is 10.7. The van der Waals surface area contributed by atoms with Crippen molar-refractivity contribution in [2.45, 2.75) is 56.3 Å². The lowest BCUT2D eigenvalue weighted by Crippen LogP contribution is -2.24. The summed E-state index contributed by atoms with van der Waals surface area (Å²) in [6, 6.07) is 6.87. The van der Waals surface area contributed by atoms with Gasteiger partial charge in [-0.1, -0.05) is 73.7 Å². The van der Waals surface area contributed by atoms with Crippen molar-refractivity contribution in [1.29, 1.82) is 0 Å². The number of nitrogens with zero attached hydrogens (tertiary/aromatic N) is 6. The van der Waals surface area contributed by atoms with Gasteiger partial charge in [0, 0.05) is 10.8 Å². The molecule has 0 aliphatic heterocycles. The minimum atomic E-state index is -0.321. The zero-order chi connectivity index (χ0) is 19.8. The minimum absolute atomic E-state index is 0.266. The molecular weight excluding hydrogens is 416 g/mol. The van der Waals surface area contributed by atoms with Gasteiger partial charge in [0.2, 0.25) is 0 Å². The van der Waals surface area contributed by atoms with Crippen molar-refractivity contribution in [1.82, 2.24) is 30.0 Å². The highest BCUT2D eigenvalue weighted by molar-refractivity contribution is 8.01. The lowest BCUT2D eigenvalue weighted by Gasteiger charge is -1.99. The first-order chi connectivity index (χ1) is 13.7. The van der Waals surface area contributed by atoms with Crippen LogP contribution in [0.5, 0.6) is 0 Å². The van der Waals surface area contributed by atoms with Gasteiger partial charge >= 0.3 is 5.69 Å². The van der Waals surface area contributed by atoms with Gasteiger partial charge in [-0.2, -0.15) is 9.36 Å². The van der Waals surface area contributed by atoms with Gasteiger partial charge in [-0.15, -0.1) is 10.2 Å². The maximum atomic E-state index is 12.5. The third-order valence-corrected chi connectivity index (χ3v) is 6.55. The molecule has 150 valence electrons. The number of halogens is 1. The predicted octanol–water partition coefficient (Wildman–Crippen LogP) is 4.43. The van der Waals surface area contributed by atoms with Gasteiger partial charge in [-0.25, -0.2) is 4.79 Å². The second-order valence-corrected chi connectivity index (χ2v) is 9.23. The number of hydrogen-bond donors (Lipinski definition) is 0. The largest absolute Gasteiger partial charge is 0.368 e. The number of benzene rings is 1. The fraction of sp³-hybridized carbons (Fsp3) is 0.500. The molecule has 2 heterocycles. The standard InChI is InChI=1S/C18H23ClN6OS2/c1-2-3-4-5-6-7-12-27-17-21-20-16(28-17)13-24-18(26)25(23-22-24)15-10-8-14(19)9-11-15/h8-11H,2-7,12-13H2,1H3. The van der Waals surface area contributed by atoms with Gasteiger partial charge in [0.05, 0.1) is 5.69 Å². The maximum absolute atomic E-state index is 12.5. The molecule has 7 nitrogen and oxygen atoms in total. The number of tetrazole rings is 1. The maximum Gasteiger partial charge on any atom is 0.368 e. The van der Waals surface area contributed by atoms with Crippen molar-refractivity contribution >= 4 is 34.7 Å². The highest BCUT2D eigenvalue weighted by Gasteiger charge is 2.12. The van der Waals surface area contributed by atoms with E-state index >= 15 is 0 Å². The van der Waals surface area contributed by atoms with Gasteiger partial charge in [0.25, 0.3) is 0 Å². The molecule has 28 heavy (non-hydrogen) atoms. The van der Waals surface area contributed by atoms with Crippen LogP contribution in [0.4, 0.5) is 0 Å². The Morgan fingerprint density at radius 1 is 1.04 bits per heavy atom. The predicted molar refractivity (Wildman–Crippen MR) is 114 cm³/mol. The van der Waals surface area contributed by atoms with E-state index < -0.39 is 0 Å². The number of thioether (sulfide) groups is 1. The van der Waals surface area contributed by atoms with Gasteiger partial charge in [0.1, 0.15) is 11.6 Å². The number of aromatic nitrogens is 6. The topological polar surface area (TPSA) is 78.5 Å². The zero-order valence-electron chi connectivity index (χ0n) is 15.8. The van der Waals surface area contributed by atoms with Crippen molar-refractivity contribution in [3.63, 3.8) is 0 Å². The first-order valence-electron chi connectivity index (χ1n) is 9.41. The van der Waals surface area contributed by atoms with Gasteiger partial charge in [0.15, 0.2) is 4.34 Å². The molecule has 0 bridgehead atoms. The Balaban J connectivity index is 1.51. The molecule has 0 saturated carbocycles. The Morgan fingerprint density at radius 2 is 1.79 bits per heavy atom. The smallest absolute Gasteiger partial charge is 0.244 e. The van der Waals surface area contributed by atoms with E-state index in [-0.39, 0.29) is 12.2 Å². The molecule has 0 N–H and O–H groups in total. The zero-order valence-corrected chi connectivity index (χ0v) is 18.1. The van der Waals surface area contributed by atoms with Crippen LogP contribution in [0.3, 0.4) is 0 Å². The summed E-state index contributed by atoms with van der Waals surface area (Å²) in [7, 11) is 0. The summed E-state index contributed by atoms with van der Waals surface area (Å²) in [4.78, 5) is 12.5. The summed E-state index contributed by atoms with van der Waals surface area (Å²) in [5.74, 6) is 1.05. The molecule has 10 heteroatoms. The van der Waals surface area contributed by atoms with E-state index in [1.54, 1.807) is 36.0 Å². The Labute approximate surface area is 177 Å². The molecule has 0 unspecified atom stereocenters. The Bertz CT molecular complexity index is 921. The Morgan fingerprint density at radius 3 is 2.57 bits per heavy atom. The van der Waals surface area contributed by atoms with Crippen molar-refractivity contribution in [2.75, 3.05) is 5.75 Å². The molecule has 0 fully saturated rings. The van der Waals surface area contributed by atoms with E-state index in [9.17, 15) is 4.79 Å². The third kappa shape index (κ3) is 5.89. The summed E-state index contributed by atoms with van der Waals surface area (Å²) in [5.41, 5.74) is 0.298. The van der Waals surface area contributed by atoms with Crippen LogP contribution in [0, 0.1) is 0 Å². The van der Waals surface area contributed by atoms with Crippen LogP contribution < -0.4 is 5.69 Å². The molecule has 0 atom stereocenters. The van der Waals surface area contributed by atoms with E-state index in [2.05, 4.69) is 27.5 Å². The first kappa shape index (κ1) is 21.0. The molecule has 2 aromatic heterocycles. The fourth-order valence-corrected chi connectivity index (χ4v) is 4.72. The van der Waals surface area contributed by atoms with Crippen LogP contribution in [0.1, 0.15) is 50.5 Å². The molecule has 0 amide bonds. The highest BCUT2D eigenvalue weighted by Crippen LogP contribution is 2.24. The van der Waals surface area contributed by atoms with Crippen molar-refractivity contribution in [3.8, 4) is 5.69 Å². The van der Waals surface area contributed by atoms with Crippen molar-refractivity contribution < 1.29 is 0 Å². The molecule has 3 rings (SSSR count). The summed E-state index contributed by atoms with van der Waals surface area (Å²) >= 11 is 9.11. The quantitative estimate of drug-likeness (QED) is 0.325. The van der Waals surface area contributed by atoms with Gasteiger partial charge < -0.3 is 0 Å². The number of unbranched alkanes of at least 4 members (excludes halogenated alkanes) is 5. The molecule has 0 spiro atoms. The fourth-order valence-electron chi connectivity index (χ4n) is 2.65. The number of rotatable bonds is 11. The molecule has 0 saturated heterocycles. The average molecular weight is 439 g/mol. The first-order valence-corrected chi connectivity index (χ1v) is 11.6. The highest BCUT2D eigenvalue weighted by atomic mass is 35.5. The third-order valence-electron chi connectivity index (χ3n) is 4.17. The van der Waals surface area contributed by atoms with E-state index in [4.69, 9.17) is 11.6 Å². The van der Waals surface area contributed by atoms with Crippen LogP contribution in [-0.4, -0.2) is 35.7 Å². The van der Waals surface area contributed by atoms with E-state index in [1.807, 2.05) is 0 Å². The van der Waals surface area contributed by atoms with E-state index in [1.165, 1.54) is 59.2 Å². The average Bonchev–Trinajstić information content (AvgIpc) is 3.29. The van der Waals surface area contributed by atoms with Crippen LogP contribution in [0.2, 0.25) is 5.02 Å². The van der Waals surface area contributed by atoms with Crippen LogP contribution >= 0.6 is 34.7 Å². The van der Waals surface area contributed by atoms with E-state index in [0.29, 0.717) is 10.7 Å².